The molecule has 0 spiro atoms. The zero-order valence-corrected chi connectivity index (χ0v) is 15.6. The van der Waals surface area contributed by atoms with Gasteiger partial charge in [0.1, 0.15) is 6.42 Å². The SMILES string of the molecule is Cc1nc2ccc(C(=O)Nc3ccccc3CNC(=O)CC#N)cc2nc1C. The van der Waals surface area contributed by atoms with Crippen molar-refractivity contribution < 1.29 is 9.59 Å². The molecule has 0 radical (unpaired) electrons. The third-order valence-corrected chi connectivity index (χ3v) is 4.32. The van der Waals surface area contributed by atoms with Crippen LogP contribution >= 0.6 is 0 Å². The van der Waals surface area contributed by atoms with Gasteiger partial charge in [-0.15, -0.1) is 0 Å². The molecule has 2 N–H and O–H groups in total. The predicted molar refractivity (Wildman–Crippen MR) is 105 cm³/mol. The van der Waals surface area contributed by atoms with Crippen LogP contribution in [-0.2, 0) is 11.3 Å². The Morgan fingerprint density at radius 3 is 2.50 bits per heavy atom. The van der Waals surface area contributed by atoms with E-state index in [0.717, 1.165) is 22.5 Å². The first-order chi connectivity index (χ1) is 13.5. The van der Waals surface area contributed by atoms with Crippen LogP contribution in [-0.4, -0.2) is 21.8 Å². The van der Waals surface area contributed by atoms with Gasteiger partial charge >= 0.3 is 0 Å². The van der Waals surface area contributed by atoms with Crippen LogP contribution in [0, 0.1) is 25.2 Å². The summed E-state index contributed by atoms with van der Waals surface area (Å²) in [5.74, 6) is -0.639. The van der Waals surface area contributed by atoms with Crippen LogP contribution in [0.2, 0.25) is 0 Å². The number of fused-ring (bicyclic) bond motifs is 1. The van der Waals surface area contributed by atoms with Gasteiger partial charge in [0.15, 0.2) is 0 Å². The number of aromatic nitrogens is 2. The third kappa shape index (κ3) is 4.30. The van der Waals surface area contributed by atoms with Crippen LogP contribution in [0.15, 0.2) is 42.5 Å². The molecule has 2 aromatic carbocycles. The van der Waals surface area contributed by atoms with E-state index in [4.69, 9.17) is 5.26 Å². The molecule has 3 aromatic rings. The van der Waals surface area contributed by atoms with Crippen molar-refractivity contribution in [2.75, 3.05) is 5.32 Å². The Hall–Kier alpha value is -3.79. The van der Waals surface area contributed by atoms with Crippen LogP contribution < -0.4 is 10.6 Å². The number of aryl methyl sites for hydroxylation is 2. The number of carbonyl (C=O) groups excluding carboxylic acids is 2. The van der Waals surface area contributed by atoms with Crippen molar-refractivity contribution in [1.29, 1.82) is 5.26 Å². The summed E-state index contributed by atoms with van der Waals surface area (Å²) < 4.78 is 0. The Morgan fingerprint density at radius 2 is 1.75 bits per heavy atom. The van der Waals surface area contributed by atoms with Crippen molar-refractivity contribution in [2.24, 2.45) is 0 Å². The van der Waals surface area contributed by atoms with E-state index in [9.17, 15) is 9.59 Å². The summed E-state index contributed by atoms with van der Waals surface area (Å²) in [4.78, 5) is 33.2. The lowest BCUT2D eigenvalue weighted by Gasteiger charge is -2.12. The topological polar surface area (TPSA) is 108 Å². The van der Waals surface area contributed by atoms with Gasteiger partial charge in [0, 0.05) is 17.8 Å². The third-order valence-electron chi connectivity index (χ3n) is 4.32. The highest BCUT2D eigenvalue weighted by Gasteiger charge is 2.12. The van der Waals surface area contributed by atoms with Crippen molar-refractivity contribution in [3.63, 3.8) is 0 Å². The average molecular weight is 373 g/mol. The minimum Gasteiger partial charge on any atom is -0.351 e. The molecule has 7 nitrogen and oxygen atoms in total. The van der Waals surface area contributed by atoms with Gasteiger partial charge in [-0.2, -0.15) is 5.26 Å². The van der Waals surface area contributed by atoms with Crippen molar-refractivity contribution in [1.82, 2.24) is 15.3 Å². The fourth-order valence-corrected chi connectivity index (χ4v) is 2.69. The van der Waals surface area contributed by atoms with Crippen molar-refractivity contribution in [3.05, 3.63) is 65.0 Å². The molecule has 0 aliphatic rings. The Labute approximate surface area is 162 Å². The van der Waals surface area contributed by atoms with Crippen molar-refractivity contribution in [3.8, 4) is 6.07 Å². The molecule has 28 heavy (non-hydrogen) atoms. The summed E-state index contributed by atoms with van der Waals surface area (Å²) in [5, 5.41) is 14.1. The zero-order chi connectivity index (χ0) is 20.1. The molecule has 1 heterocycles. The molecule has 0 fully saturated rings. The summed E-state index contributed by atoms with van der Waals surface area (Å²) >= 11 is 0. The number of nitriles is 1. The van der Waals surface area contributed by atoms with Crippen molar-refractivity contribution >= 4 is 28.5 Å². The van der Waals surface area contributed by atoms with E-state index in [2.05, 4.69) is 20.6 Å². The second-order valence-electron chi connectivity index (χ2n) is 6.32. The fourth-order valence-electron chi connectivity index (χ4n) is 2.69. The lowest BCUT2D eigenvalue weighted by molar-refractivity contribution is -0.120. The molecule has 0 bridgehead atoms. The summed E-state index contributed by atoms with van der Waals surface area (Å²) in [6.45, 7) is 4.00. The highest BCUT2D eigenvalue weighted by Crippen LogP contribution is 2.18. The number of hydrogen-bond donors (Lipinski definition) is 2. The van der Waals surface area contributed by atoms with Gasteiger partial charge < -0.3 is 10.6 Å². The minimum absolute atomic E-state index is 0.203. The van der Waals surface area contributed by atoms with Crippen LogP contribution in [0.25, 0.3) is 11.0 Å². The van der Waals surface area contributed by atoms with E-state index < -0.39 is 0 Å². The Balaban J connectivity index is 1.80. The Morgan fingerprint density at radius 1 is 1.04 bits per heavy atom. The first kappa shape index (κ1) is 19.0. The van der Waals surface area contributed by atoms with Crippen LogP contribution in [0.4, 0.5) is 5.69 Å². The number of hydrogen-bond acceptors (Lipinski definition) is 5. The molecule has 0 saturated heterocycles. The summed E-state index contributed by atoms with van der Waals surface area (Å²) in [7, 11) is 0. The van der Waals surface area contributed by atoms with Gasteiger partial charge in [0.05, 0.1) is 28.5 Å². The molecule has 140 valence electrons. The van der Waals surface area contributed by atoms with E-state index in [1.54, 1.807) is 42.5 Å². The molecule has 7 heteroatoms. The quantitative estimate of drug-likeness (QED) is 0.715. The molecule has 3 rings (SSSR count). The molecular weight excluding hydrogens is 354 g/mol. The molecule has 0 aliphatic heterocycles. The molecular formula is C21H19N5O2. The van der Waals surface area contributed by atoms with Crippen LogP contribution in [0.5, 0.6) is 0 Å². The predicted octanol–water partition coefficient (Wildman–Crippen LogP) is 3.03. The minimum atomic E-state index is -0.359. The van der Waals surface area contributed by atoms with Gasteiger partial charge in [-0.05, 0) is 43.7 Å². The number of amides is 2. The van der Waals surface area contributed by atoms with Crippen molar-refractivity contribution in [2.45, 2.75) is 26.8 Å². The summed E-state index contributed by atoms with van der Waals surface area (Å²) in [6, 6.07) is 14.2. The van der Waals surface area contributed by atoms with E-state index >= 15 is 0 Å². The number of benzene rings is 2. The lowest BCUT2D eigenvalue weighted by atomic mass is 10.1. The number of rotatable bonds is 5. The average Bonchev–Trinajstić information content (AvgIpc) is 2.68. The summed E-state index contributed by atoms with van der Waals surface area (Å²) in [5.41, 5.74) is 4.88. The Bertz CT molecular complexity index is 1100. The first-order valence-electron chi connectivity index (χ1n) is 8.76. The molecule has 0 aliphatic carbocycles. The fraction of sp³-hybridized carbons (Fsp3) is 0.190. The van der Waals surface area contributed by atoms with Crippen LogP contribution in [0.1, 0.15) is 33.7 Å². The number of carbonyl (C=O) groups is 2. The molecule has 1 aromatic heterocycles. The van der Waals surface area contributed by atoms with Gasteiger partial charge in [0.2, 0.25) is 5.91 Å². The van der Waals surface area contributed by atoms with Gasteiger partial charge in [-0.1, -0.05) is 18.2 Å². The lowest BCUT2D eigenvalue weighted by Crippen LogP contribution is -2.23. The van der Waals surface area contributed by atoms with Gasteiger partial charge in [0.25, 0.3) is 5.91 Å². The maximum Gasteiger partial charge on any atom is 0.255 e. The molecule has 0 saturated carbocycles. The molecule has 0 atom stereocenters. The maximum absolute atomic E-state index is 12.7. The number of anilines is 1. The van der Waals surface area contributed by atoms with E-state index in [1.165, 1.54) is 0 Å². The number of nitrogens with zero attached hydrogens (tertiary/aromatic N) is 3. The smallest absolute Gasteiger partial charge is 0.255 e. The first-order valence-corrected chi connectivity index (χ1v) is 8.76. The monoisotopic (exact) mass is 373 g/mol. The van der Waals surface area contributed by atoms with Gasteiger partial charge in [-0.25, -0.2) is 9.97 Å². The largest absolute Gasteiger partial charge is 0.351 e. The van der Waals surface area contributed by atoms with Crippen LogP contribution in [0.3, 0.4) is 0 Å². The van der Waals surface area contributed by atoms with E-state index in [-0.39, 0.29) is 24.8 Å². The Kier molecular flexibility index (Phi) is 5.61. The highest BCUT2D eigenvalue weighted by molar-refractivity contribution is 6.06. The molecule has 2 amide bonds. The zero-order valence-electron chi connectivity index (χ0n) is 15.6. The van der Waals surface area contributed by atoms with Gasteiger partial charge in [-0.3, -0.25) is 9.59 Å². The van der Waals surface area contributed by atoms with E-state index in [0.29, 0.717) is 16.8 Å². The number of para-hydroxylation sites is 1. The second-order valence-corrected chi connectivity index (χ2v) is 6.32. The normalized spacial score (nSPS) is 10.3. The number of nitrogens with one attached hydrogen (secondary N) is 2. The highest BCUT2D eigenvalue weighted by atomic mass is 16.2. The second kappa shape index (κ2) is 8.27. The van der Waals surface area contributed by atoms with E-state index in [1.807, 2.05) is 19.9 Å². The molecule has 0 unspecified atom stereocenters. The maximum atomic E-state index is 12.7. The summed E-state index contributed by atoms with van der Waals surface area (Å²) in [6.07, 6.45) is -0.203. The standard InChI is InChI=1S/C21H19N5O2/c1-13-14(2)25-19-11-15(7-8-18(19)24-13)21(28)26-17-6-4-3-5-16(17)12-23-20(27)9-10-22/h3-8,11H,9,12H2,1-2H3,(H,23,27)(H,26,28).